The standard InChI is InChI=1S/C15H20Cl3NO2/c1-15(2,3)19-8-10-5-11(17)6-13(20-4)14(10)21-9-12(18)7-16/h5-7,19H,8-9H2,1-4H3/b12-7-. The molecule has 0 atom stereocenters. The third kappa shape index (κ3) is 6.35. The lowest BCUT2D eigenvalue weighted by Gasteiger charge is -2.22. The second kappa shape index (κ2) is 8.14. The summed E-state index contributed by atoms with van der Waals surface area (Å²) >= 11 is 17.5. The van der Waals surface area contributed by atoms with Crippen LogP contribution < -0.4 is 14.8 Å². The lowest BCUT2D eigenvalue weighted by atomic mass is 10.1. The molecule has 21 heavy (non-hydrogen) atoms. The lowest BCUT2D eigenvalue weighted by molar-refractivity contribution is 0.317. The Morgan fingerprint density at radius 3 is 2.52 bits per heavy atom. The van der Waals surface area contributed by atoms with Gasteiger partial charge in [-0.05, 0) is 26.8 Å². The molecule has 0 aliphatic carbocycles. The SMILES string of the molecule is COc1cc(Cl)cc(CNC(C)(C)C)c1OC/C(Cl)=C/Cl. The van der Waals surface area contributed by atoms with Crippen LogP contribution in [0.15, 0.2) is 22.7 Å². The van der Waals surface area contributed by atoms with Crippen molar-refractivity contribution in [2.45, 2.75) is 32.9 Å². The van der Waals surface area contributed by atoms with E-state index < -0.39 is 0 Å². The van der Waals surface area contributed by atoms with Gasteiger partial charge < -0.3 is 14.8 Å². The fourth-order valence-corrected chi connectivity index (χ4v) is 1.95. The highest BCUT2D eigenvalue weighted by Gasteiger charge is 2.16. The second-order valence-corrected chi connectivity index (χ2v) is 6.68. The largest absolute Gasteiger partial charge is 0.493 e. The molecule has 0 aliphatic heterocycles. The van der Waals surface area contributed by atoms with E-state index in [9.17, 15) is 0 Å². The van der Waals surface area contributed by atoms with Crippen molar-refractivity contribution in [1.82, 2.24) is 5.32 Å². The van der Waals surface area contributed by atoms with Crippen LogP contribution in [0.5, 0.6) is 11.5 Å². The quantitative estimate of drug-likeness (QED) is 0.787. The number of hydrogen-bond donors (Lipinski definition) is 1. The van der Waals surface area contributed by atoms with E-state index in [1.807, 2.05) is 6.07 Å². The maximum atomic E-state index is 6.12. The molecule has 0 amide bonds. The minimum atomic E-state index is -0.0273. The van der Waals surface area contributed by atoms with Crippen molar-refractivity contribution in [3.05, 3.63) is 33.3 Å². The summed E-state index contributed by atoms with van der Waals surface area (Å²) in [6.45, 7) is 7.02. The van der Waals surface area contributed by atoms with Crippen molar-refractivity contribution in [1.29, 1.82) is 0 Å². The zero-order valence-electron chi connectivity index (χ0n) is 12.6. The number of methoxy groups -OCH3 is 1. The van der Waals surface area contributed by atoms with Gasteiger partial charge in [0.25, 0.3) is 0 Å². The Morgan fingerprint density at radius 2 is 2.00 bits per heavy atom. The van der Waals surface area contributed by atoms with Crippen LogP contribution in [0.1, 0.15) is 26.3 Å². The van der Waals surface area contributed by atoms with Gasteiger partial charge in [0, 0.05) is 34.3 Å². The van der Waals surface area contributed by atoms with Gasteiger partial charge in [0.1, 0.15) is 6.61 Å². The van der Waals surface area contributed by atoms with E-state index in [1.54, 1.807) is 13.2 Å². The molecule has 0 saturated heterocycles. The van der Waals surface area contributed by atoms with Crippen LogP contribution in [0.3, 0.4) is 0 Å². The summed E-state index contributed by atoms with van der Waals surface area (Å²) in [7, 11) is 1.57. The smallest absolute Gasteiger partial charge is 0.166 e. The molecular formula is C15H20Cl3NO2. The van der Waals surface area contributed by atoms with Gasteiger partial charge in [-0.2, -0.15) is 0 Å². The van der Waals surface area contributed by atoms with Gasteiger partial charge in [0.2, 0.25) is 0 Å². The third-order valence-corrected chi connectivity index (χ3v) is 3.41. The molecule has 0 heterocycles. The minimum Gasteiger partial charge on any atom is -0.493 e. The Balaban J connectivity index is 3.05. The van der Waals surface area contributed by atoms with E-state index in [0.717, 1.165) is 5.56 Å². The molecule has 0 aromatic heterocycles. The average molecular weight is 353 g/mol. The summed E-state index contributed by atoms with van der Waals surface area (Å²) in [5.74, 6) is 1.17. The highest BCUT2D eigenvalue weighted by molar-refractivity contribution is 6.36. The van der Waals surface area contributed by atoms with Gasteiger partial charge in [-0.15, -0.1) is 0 Å². The summed E-state index contributed by atoms with van der Waals surface area (Å²) < 4.78 is 11.1. The lowest BCUT2D eigenvalue weighted by Crippen LogP contribution is -2.35. The number of halogens is 3. The van der Waals surface area contributed by atoms with Crippen molar-refractivity contribution in [3.63, 3.8) is 0 Å². The fraction of sp³-hybridized carbons (Fsp3) is 0.467. The molecular weight excluding hydrogens is 333 g/mol. The molecule has 1 N–H and O–H groups in total. The summed E-state index contributed by atoms with van der Waals surface area (Å²) in [6.07, 6.45) is 0. The number of benzene rings is 1. The zero-order valence-corrected chi connectivity index (χ0v) is 14.9. The van der Waals surface area contributed by atoms with Crippen LogP contribution >= 0.6 is 34.8 Å². The normalized spacial score (nSPS) is 12.4. The van der Waals surface area contributed by atoms with E-state index in [2.05, 4.69) is 26.1 Å². The van der Waals surface area contributed by atoms with Crippen LogP contribution in [0.4, 0.5) is 0 Å². The molecule has 1 rings (SSSR count). The predicted molar refractivity (Wildman–Crippen MR) is 89.9 cm³/mol. The van der Waals surface area contributed by atoms with E-state index >= 15 is 0 Å². The topological polar surface area (TPSA) is 30.5 Å². The molecule has 6 heteroatoms. The third-order valence-electron chi connectivity index (χ3n) is 2.60. The average Bonchev–Trinajstić information content (AvgIpc) is 2.41. The summed E-state index contributed by atoms with van der Waals surface area (Å²) in [6, 6.07) is 3.55. The van der Waals surface area contributed by atoms with Crippen LogP contribution in [0.2, 0.25) is 5.02 Å². The van der Waals surface area contributed by atoms with Crippen molar-refractivity contribution >= 4 is 34.8 Å². The molecule has 0 bridgehead atoms. The van der Waals surface area contributed by atoms with Crippen molar-refractivity contribution in [3.8, 4) is 11.5 Å². The maximum absolute atomic E-state index is 6.12. The van der Waals surface area contributed by atoms with Gasteiger partial charge in [-0.1, -0.05) is 34.8 Å². The van der Waals surface area contributed by atoms with E-state index in [4.69, 9.17) is 44.3 Å². The van der Waals surface area contributed by atoms with Gasteiger partial charge in [-0.25, -0.2) is 0 Å². The highest BCUT2D eigenvalue weighted by Crippen LogP contribution is 2.35. The van der Waals surface area contributed by atoms with E-state index in [0.29, 0.717) is 28.1 Å². The van der Waals surface area contributed by atoms with Crippen LogP contribution in [0.25, 0.3) is 0 Å². The zero-order chi connectivity index (χ0) is 16.0. The van der Waals surface area contributed by atoms with Gasteiger partial charge in [0.05, 0.1) is 12.1 Å². The Labute approximate surface area is 141 Å². The van der Waals surface area contributed by atoms with Gasteiger partial charge >= 0.3 is 0 Å². The van der Waals surface area contributed by atoms with E-state index in [-0.39, 0.29) is 12.1 Å². The number of hydrogen-bond acceptors (Lipinski definition) is 3. The molecule has 3 nitrogen and oxygen atoms in total. The molecule has 0 unspecified atom stereocenters. The summed E-state index contributed by atoms with van der Waals surface area (Å²) in [5, 5.41) is 4.38. The Kier molecular flexibility index (Phi) is 7.14. The van der Waals surface area contributed by atoms with E-state index in [1.165, 1.54) is 5.54 Å². The van der Waals surface area contributed by atoms with Gasteiger partial charge in [-0.3, -0.25) is 0 Å². The Morgan fingerprint density at radius 1 is 1.33 bits per heavy atom. The highest BCUT2D eigenvalue weighted by atomic mass is 35.5. The number of nitrogens with one attached hydrogen (secondary N) is 1. The van der Waals surface area contributed by atoms with Crippen LogP contribution in [-0.2, 0) is 6.54 Å². The maximum Gasteiger partial charge on any atom is 0.166 e. The molecule has 1 aromatic rings. The molecule has 0 fully saturated rings. The van der Waals surface area contributed by atoms with Crippen molar-refractivity contribution in [2.75, 3.05) is 13.7 Å². The monoisotopic (exact) mass is 351 g/mol. The van der Waals surface area contributed by atoms with Crippen molar-refractivity contribution < 1.29 is 9.47 Å². The molecule has 0 spiro atoms. The predicted octanol–water partition coefficient (Wildman–Crippen LogP) is 4.93. The number of ether oxygens (including phenoxy) is 2. The molecule has 0 radical (unpaired) electrons. The second-order valence-electron chi connectivity index (χ2n) is 5.54. The van der Waals surface area contributed by atoms with Crippen LogP contribution in [-0.4, -0.2) is 19.3 Å². The Bertz CT molecular complexity index is 510. The first-order valence-corrected chi connectivity index (χ1v) is 7.65. The fourth-order valence-electron chi connectivity index (χ4n) is 1.60. The molecule has 0 aliphatic rings. The summed E-state index contributed by atoms with van der Waals surface area (Å²) in [4.78, 5) is 0. The summed E-state index contributed by atoms with van der Waals surface area (Å²) in [5.41, 5.74) is 2.14. The number of rotatable bonds is 6. The first-order valence-electron chi connectivity index (χ1n) is 6.46. The van der Waals surface area contributed by atoms with Gasteiger partial charge in [0.15, 0.2) is 11.5 Å². The molecule has 0 saturated carbocycles. The minimum absolute atomic E-state index is 0.0273. The molecule has 118 valence electrons. The molecule has 1 aromatic carbocycles. The van der Waals surface area contributed by atoms with Crippen LogP contribution in [0, 0.1) is 0 Å². The first-order chi connectivity index (χ1) is 9.76. The Hall–Kier alpha value is -0.610. The van der Waals surface area contributed by atoms with Crippen molar-refractivity contribution in [2.24, 2.45) is 0 Å². The first kappa shape index (κ1) is 18.4.